The van der Waals surface area contributed by atoms with Crippen LogP contribution in [0.25, 0.3) is 0 Å². The van der Waals surface area contributed by atoms with Crippen LogP contribution >= 0.6 is 0 Å². The Morgan fingerprint density at radius 1 is 0.923 bits per heavy atom. The first-order chi connectivity index (χ1) is 12.7. The Bertz CT molecular complexity index is 806. The number of urea groups is 1. The van der Waals surface area contributed by atoms with Gasteiger partial charge in [-0.25, -0.2) is 4.79 Å². The lowest BCUT2D eigenvalue weighted by Gasteiger charge is -2.33. The molecule has 0 spiro atoms. The van der Waals surface area contributed by atoms with Crippen molar-refractivity contribution >= 4 is 17.6 Å². The minimum Gasteiger partial charge on any atom is -0.336 e. The molecule has 1 fully saturated rings. The van der Waals surface area contributed by atoms with Crippen LogP contribution in [0.3, 0.4) is 0 Å². The van der Waals surface area contributed by atoms with Gasteiger partial charge < -0.3 is 15.1 Å². The number of nitrogens with one attached hydrogen (secondary N) is 1. The van der Waals surface area contributed by atoms with Crippen molar-refractivity contribution < 1.29 is 9.59 Å². The van der Waals surface area contributed by atoms with Gasteiger partial charge in [0.05, 0.1) is 0 Å². The zero-order valence-corrected chi connectivity index (χ0v) is 14.7. The monoisotopic (exact) mass is 349 g/mol. The topological polar surface area (TPSA) is 52.7 Å². The van der Waals surface area contributed by atoms with E-state index < -0.39 is 0 Å². The van der Waals surface area contributed by atoms with E-state index in [1.165, 1.54) is 11.1 Å². The molecule has 0 aromatic heterocycles. The van der Waals surface area contributed by atoms with Crippen molar-refractivity contribution in [3.8, 4) is 0 Å². The van der Waals surface area contributed by atoms with Gasteiger partial charge in [0.1, 0.15) is 6.04 Å². The Morgan fingerprint density at radius 3 is 2.46 bits per heavy atom. The lowest BCUT2D eigenvalue weighted by atomic mass is 9.99. The summed E-state index contributed by atoms with van der Waals surface area (Å²) in [5.41, 5.74) is 3.29. The maximum atomic E-state index is 13.1. The fourth-order valence-electron chi connectivity index (χ4n) is 3.88. The van der Waals surface area contributed by atoms with Crippen LogP contribution in [0.5, 0.6) is 0 Å². The highest BCUT2D eigenvalue weighted by molar-refractivity contribution is 5.94. The molecule has 2 aliphatic rings. The predicted octanol–water partition coefficient (Wildman–Crippen LogP) is 3.27. The highest BCUT2D eigenvalue weighted by atomic mass is 16.2. The second-order valence-corrected chi connectivity index (χ2v) is 6.93. The van der Waals surface area contributed by atoms with E-state index in [4.69, 9.17) is 0 Å². The quantitative estimate of drug-likeness (QED) is 0.905. The largest absolute Gasteiger partial charge is 0.336 e. The summed E-state index contributed by atoms with van der Waals surface area (Å²) in [6.45, 7) is 1.99. The molecule has 26 heavy (non-hydrogen) atoms. The van der Waals surface area contributed by atoms with Gasteiger partial charge in [0.25, 0.3) is 0 Å². The molecule has 1 N–H and O–H groups in total. The van der Waals surface area contributed by atoms with E-state index in [9.17, 15) is 9.59 Å². The van der Waals surface area contributed by atoms with Gasteiger partial charge in [-0.1, -0.05) is 42.5 Å². The average Bonchev–Trinajstić information content (AvgIpc) is 3.18. The number of hydrogen-bond acceptors (Lipinski definition) is 2. The Kier molecular flexibility index (Phi) is 4.61. The van der Waals surface area contributed by atoms with Gasteiger partial charge in [-0.2, -0.15) is 0 Å². The van der Waals surface area contributed by atoms with Gasteiger partial charge in [-0.15, -0.1) is 0 Å². The molecule has 0 bridgehead atoms. The highest BCUT2D eigenvalue weighted by Crippen LogP contribution is 2.24. The van der Waals surface area contributed by atoms with Gasteiger partial charge in [-0.3, -0.25) is 4.79 Å². The van der Waals surface area contributed by atoms with Gasteiger partial charge in [0, 0.05) is 25.3 Å². The molecule has 1 atom stereocenters. The van der Waals surface area contributed by atoms with Gasteiger partial charge >= 0.3 is 6.03 Å². The normalized spacial score (nSPS) is 19.2. The van der Waals surface area contributed by atoms with E-state index in [-0.39, 0.29) is 18.0 Å². The molecular formula is C21H23N3O2. The fourth-order valence-corrected chi connectivity index (χ4v) is 3.88. The van der Waals surface area contributed by atoms with E-state index in [1.54, 1.807) is 4.90 Å². The van der Waals surface area contributed by atoms with Crippen LogP contribution < -0.4 is 5.32 Å². The standard InChI is InChI=1S/C21H23N3O2/c25-20(23-14-12-16-7-4-5-8-17(16)15-23)19-11-6-13-24(19)21(26)22-18-9-2-1-3-10-18/h1-5,7-10,19H,6,11-15H2,(H,22,26)/t19-/m0/s1. The second kappa shape index (κ2) is 7.20. The number of anilines is 1. The number of rotatable bonds is 2. The zero-order valence-electron chi connectivity index (χ0n) is 14.7. The van der Waals surface area contributed by atoms with E-state index in [1.807, 2.05) is 47.4 Å². The van der Waals surface area contributed by atoms with Crippen LogP contribution in [0.15, 0.2) is 54.6 Å². The predicted molar refractivity (Wildman–Crippen MR) is 101 cm³/mol. The van der Waals surface area contributed by atoms with Gasteiger partial charge in [0.15, 0.2) is 0 Å². The summed E-state index contributed by atoms with van der Waals surface area (Å²) in [4.78, 5) is 29.3. The molecule has 5 nitrogen and oxygen atoms in total. The number of para-hydroxylation sites is 1. The lowest BCUT2D eigenvalue weighted by molar-refractivity contribution is -0.136. The molecular weight excluding hydrogens is 326 g/mol. The van der Waals surface area contributed by atoms with Crippen molar-refractivity contribution in [1.29, 1.82) is 0 Å². The van der Waals surface area contributed by atoms with Gasteiger partial charge in [-0.05, 0) is 42.5 Å². The SMILES string of the molecule is O=C([C@@H]1CCCN1C(=O)Nc1ccccc1)N1CCc2ccccc2C1. The van der Waals surface area contributed by atoms with Crippen molar-refractivity contribution in [2.45, 2.75) is 31.8 Å². The molecule has 3 amide bonds. The molecule has 0 aliphatic carbocycles. The summed E-state index contributed by atoms with van der Waals surface area (Å²) < 4.78 is 0. The first-order valence-electron chi connectivity index (χ1n) is 9.20. The van der Waals surface area contributed by atoms with E-state index in [0.717, 1.165) is 31.5 Å². The first-order valence-corrected chi connectivity index (χ1v) is 9.20. The number of nitrogens with zero attached hydrogens (tertiary/aromatic N) is 2. The van der Waals surface area contributed by atoms with E-state index in [0.29, 0.717) is 13.1 Å². The minimum atomic E-state index is -0.357. The summed E-state index contributed by atoms with van der Waals surface area (Å²) in [5, 5.41) is 2.90. The van der Waals surface area contributed by atoms with Crippen LogP contribution in [0.2, 0.25) is 0 Å². The third kappa shape index (κ3) is 3.29. The number of carbonyl (C=O) groups excluding carboxylic acids is 2. The second-order valence-electron chi connectivity index (χ2n) is 6.93. The summed E-state index contributed by atoms with van der Waals surface area (Å²) in [6, 6.07) is 17.1. The van der Waals surface area contributed by atoms with Gasteiger partial charge in [0.2, 0.25) is 5.91 Å². The lowest BCUT2D eigenvalue weighted by Crippen LogP contribution is -2.50. The van der Waals surface area contributed by atoms with E-state index >= 15 is 0 Å². The zero-order chi connectivity index (χ0) is 17.9. The van der Waals surface area contributed by atoms with Crippen molar-refractivity contribution in [2.24, 2.45) is 0 Å². The molecule has 2 aromatic rings. The highest BCUT2D eigenvalue weighted by Gasteiger charge is 2.37. The average molecular weight is 349 g/mol. The molecule has 134 valence electrons. The fraction of sp³-hybridized carbons (Fsp3) is 0.333. The molecule has 2 aliphatic heterocycles. The summed E-state index contributed by atoms with van der Waals surface area (Å²) in [5.74, 6) is 0.0696. The summed E-state index contributed by atoms with van der Waals surface area (Å²) >= 11 is 0. The Morgan fingerprint density at radius 2 is 1.65 bits per heavy atom. The molecule has 2 heterocycles. The Labute approximate surface area is 153 Å². The number of carbonyl (C=O) groups is 2. The van der Waals surface area contributed by atoms with Crippen LogP contribution in [-0.4, -0.2) is 40.9 Å². The maximum absolute atomic E-state index is 13.1. The number of hydrogen-bond donors (Lipinski definition) is 1. The maximum Gasteiger partial charge on any atom is 0.322 e. The molecule has 0 radical (unpaired) electrons. The van der Waals surface area contributed by atoms with Crippen LogP contribution in [0, 0.1) is 0 Å². The summed E-state index contributed by atoms with van der Waals surface area (Å²) in [7, 11) is 0. The Hall–Kier alpha value is -2.82. The van der Waals surface area contributed by atoms with Crippen molar-refractivity contribution in [3.63, 3.8) is 0 Å². The molecule has 4 rings (SSSR count). The third-order valence-corrected chi connectivity index (χ3v) is 5.27. The first kappa shape index (κ1) is 16.6. The van der Waals surface area contributed by atoms with E-state index in [2.05, 4.69) is 17.4 Å². The molecule has 2 aromatic carbocycles. The summed E-state index contributed by atoms with van der Waals surface area (Å²) in [6.07, 6.45) is 2.48. The molecule has 5 heteroatoms. The number of benzene rings is 2. The third-order valence-electron chi connectivity index (χ3n) is 5.27. The Balaban J connectivity index is 1.45. The van der Waals surface area contributed by atoms with Crippen molar-refractivity contribution in [3.05, 3.63) is 65.7 Å². The van der Waals surface area contributed by atoms with Crippen LogP contribution in [0.1, 0.15) is 24.0 Å². The molecule has 0 saturated carbocycles. The van der Waals surface area contributed by atoms with Crippen molar-refractivity contribution in [1.82, 2.24) is 9.80 Å². The molecule has 1 saturated heterocycles. The number of fused-ring (bicyclic) bond motifs is 1. The number of amides is 3. The van der Waals surface area contributed by atoms with Crippen LogP contribution in [-0.2, 0) is 17.8 Å². The number of likely N-dealkylation sites (tertiary alicyclic amines) is 1. The van der Waals surface area contributed by atoms with Crippen molar-refractivity contribution in [2.75, 3.05) is 18.4 Å². The molecule has 0 unspecified atom stereocenters. The van der Waals surface area contributed by atoms with Crippen LogP contribution in [0.4, 0.5) is 10.5 Å². The minimum absolute atomic E-state index is 0.0696. The smallest absolute Gasteiger partial charge is 0.322 e.